The summed E-state index contributed by atoms with van der Waals surface area (Å²) in [6.07, 6.45) is 4.82. The summed E-state index contributed by atoms with van der Waals surface area (Å²) < 4.78 is 6.35. The van der Waals surface area contributed by atoms with Crippen molar-refractivity contribution in [1.29, 1.82) is 0 Å². The molecule has 134 valence electrons. The lowest BCUT2D eigenvalue weighted by molar-refractivity contribution is -0.236. The van der Waals surface area contributed by atoms with Crippen LogP contribution >= 0.6 is 0 Å². The second-order valence-corrected chi connectivity index (χ2v) is 9.26. The minimum atomic E-state index is -0.783. The number of hydrogen-bond donors (Lipinski definition) is 1. The summed E-state index contributed by atoms with van der Waals surface area (Å²) in [5, 5.41) is 9.99. The van der Waals surface area contributed by atoms with Crippen LogP contribution in [0.3, 0.4) is 0 Å². The summed E-state index contributed by atoms with van der Waals surface area (Å²) >= 11 is 0. The van der Waals surface area contributed by atoms with Crippen LogP contribution in [0.25, 0.3) is 0 Å². The fourth-order valence-corrected chi connectivity index (χ4v) is 6.38. The van der Waals surface area contributed by atoms with Crippen LogP contribution in [0, 0.1) is 22.7 Å². The number of rotatable bonds is 2. The molecule has 3 aliphatic rings. The molecule has 1 saturated heterocycles. The first kappa shape index (κ1) is 17.8. The number of aliphatic hydroxyl groups is 1. The van der Waals surface area contributed by atoms with E-state index < -0.39 is 22.0 Å². The molecule has 0 amide bonds. The van der Waals surface area contributed by atoms with Crippen molar-refractivity contribution in [1.82, 2.24) is 0 Å². The number of ketones is 2. The van der Waals surface area contributed by atoms with Crippen LogP contribution in [0.5, 0.6) is 0 Å². The molecule has 2 saturated carbocycles. The van der Waals surface area contributed by atoms with E-state index in [1.807, 2.05) is 20.8 Å². The largest absolute Gasteiger partial charge is 0.396 e. The fourth-order valence-electron chi connectivity index (χ4n) is 6.38. The van der Waals surface area contributed by atoms with Crippen molar-refractivity contribution in [3.8, 4) is 0 Å². The van der Waals surface area contributed by atoms with Crippen LogP contribution in [0.2, 0.25) is 0 Å². The highest BCUT2D eigenvalue weighted by molar-refractivity contribution is 5.92. The topological polar surface area (TPSA) is 63.6 Å². The zero-order valence-electron chi connectivity index (χ0n) is 15.4. The van der Waals surface area contributed by atoms with Crippen molar-refractivity contribution in [3.63, 3.8) is 0 Å². The number of carbonyl (C=O) groups excluding carboxylic acids is 2. The molecule has 0 aromatic carbocycles. The Bertz CT molecular complexity index is 598. The van der Waals surface area contributed by atoms with Crippen LogP contribution < -0.4 is 0 Å². The van der Waals surface area contributed by atoms with Crippen molar-refractivity contribution in [3.05, 3.63) is 12.7 Å². The van der Waals surface area contributed by atoms with Gasteiger partial charge in [0.25, 0.3) is 0 Å². The van der Waals surface area contributed by atoms with E-state index in [9.17, 15) is 14.7 Å². The summed E-state index contributed by atoms with van der Waals surface area (Å²) in [5.74, 6) is -0.267. The number of Topliss-reactive ketones (excluding diaryl/α,β-unsaturated/α-hetero) is 2. The summed E-state index contributed by atoms with van der Waals surface area (Å²) in [6.45, 7) is 11.7. The molecule has 24 heavy (non-hydrogen) atoms. The lowest BCUT2D eigenvalue weighted by Crippen LogP contribution is -2.68. The van der Waals surface area contributed by atoms with Gasteiger partial charge in [-0.15, -0.1) is 6.58 Å². The highest BCUT2D eigenvalue weighted by Crippen LogP contribution is 2.63. The summed E-state index contributed by atoms with van der Waals surface area (Å²) in [6, 6.07) is 0. The molecule has 3 rings (SSSR count). The lowest BCUT2D eigenvalue weighted by Gasteiger charge is -2.63. The Hall–Kier alpha value is -1.00. The van der Waals surface area contributed by atoms with E-state index in [0.29, 0.717) is 6.42 Å². The standard InChI is InChI=1S/C20H30O4/c1-6-18(3)10-13(22)16-19(4)9-7-8-17(2,12-21)15(19)14(23)11-20(16,5)24-18/h6,15-16,21H,1,7-12H2,2-5H3/t15?,16?,17?,18-,19-,20+/m1/s1. The second-order valence-electron chi connectivity index (χ2n) is 9.26. The third kappa shape index (κ3) is 2.26. The molecule has 0 radical (unpaired) electrons. The third-order valence-electron chi connectivity index (χ3n) is 7.04. The van der Waals surface area contributed by atoms with Crippen molar-refractivity contribution in [2.45, 2.75) is 71.0 Å². The number of fused-ring (bicyclic) bond motifs is 3. The molecule has 6 atom stereocenters. The Kier molecular flexibility index (Phi) is 3.89. The predicted molar refractivity (Wildman–Crippen MR) is 91.5 cm³/mol. The normalized spacial score (nSPS) is 51.7. The average molecular weight is 334 g/mol. The Morgan fingerprint density at radius 3 is 2.33 bits per heavy atom. The van der Waals surface area contributed by atoms with Gasteiger partial charge in [-0.3, -0.25) is 9.59 Å². The minimum absolute atomic E-state index is 0.0121. The first-order valence-electron chi connectivity index (χ1n) is 9.04. The van der Waals surface area contributed by atoms with E-state index in [1.165, 1.54) is 0 Å². The maximum Gasteiger partial charge on any atom is 0.142 e. The van der Waals surface area contributed by atoms with E-state index in [0.717, 1.165) is 19.3 Å². The molecule has 4 heteroatoms. The Labute approximate surface area is 144 Å². The monoisotopic (exact) mass is 334 g/mol. The number of ether oxygens (including phenoxy) is 1. The minimum Gasteiger partial charge on any atom is -0.396 e. The molecule has 0 aromatic rings. The van der Waals surface area contributed by atoms with E-state index in [1.54, 1.807) is 6.08 Å². The molecule has 0 bridgehead atoms. The van der Waals surface area contributed by atoms with Gasteiger partial charge in [0, 0.05) is 30.8 Å². The Morgan fingerprint density at radius 1 is 1.12 bits per heavy atom. The highest BCUT2D eigenvalue weighted by Gasteiger charge is 2.67. The van der Waals surface area contributed by atoms with Crippen molar-refractivity contribution in [2.24, 2.45) is 22.7 Å². The summed E-state index contributed by atoms with van der Waals surface area (Å²) in [4.78, 5) is 26.3. The van der Waals surface area contributed by atoms with Gasteiger partial charge in [0.1, 0.15) is 11.6 Å². The van der Waals surface area contributed by atoms with E-state index in [4.69, 9.17) is 4.74 Å². The second kappa shape index (κ2) is 5.25. The van der Waals surface area contributed by atoms with Crippen LogP contribution in [-0.4, -0.2) is 34.5 Å². The molecular formula is C20H30O4. The molecule has 1 heterocycles. The van der Waals surface area contributed by atoms with Gasteiger partial charge in [-0.2, -0.15) is 0 Å². The maximum absolute atomic E-state index is 13.2. The van der Waals surface area contributed by atoms with Crippen molar-refractivity contribution in [2.75, 3.05) is 6.61 Å². The first-order chi connectivity index (χ1) is 11.0. The lowest BCUT2D eigenvalue weighted by atomic mass is 9.43. The summed E-state index contributed by atoms with van der Waals surface area (Å²) in [7, 11) is 0. The molecule has 1 N–H and O–H groups in total. The molecular weight excluding hydrogens is 304 g/mol. The smallest absolute Gasteiger partial charge is 0.142 e. The van der Waals surface area contributed by atoms with Crippen LogP contribution in [0.15, 0.2) is 12.7 Å². The van der Waals surface area contributed by atoms with Gasteiger partial charge in [-0.05, 0) is 32.1 Å². The van der Waals surface area contributed by atoms with Gasteiger partial charge in [-0.25, -0.2) is 0 Å². The van der Waals surface area contributed by atoms with Gasteiger partial charge in [-0.1, -0.05) is 26.3 Å². The zero-order valence-corrected chi connectivity index (χ0v) is 15.4. The maximum atomic E-state index is 13.2. The molecule has 4 nitrogen and oxygen atoms in total. The predicted octanol–water partition coefficient (Wildman–Crippen LogP) is 3.07. The Morgan fingerprint density at radius 2 is 1.75 bits per heavy atom. The van der Waals surface area contributed by atoms with Gasteiger partial charge in [0.05, 0.1) is 17.1 Å². The van der Waals surface area contributed by atoms with Gasteiger partial charge in [0.2, 0.25) is 0 Å². The van der Waals surface area contributed by atoms with Crippen molar-refractivity contribution >= 4 is 11.6 Å². The van der Waals surface area contributed by atoms with Gasteiger partial charge >= 0.3 is 0 Å². The van der Waals surface area contributed by atoms with Crippen LogP contribution in [0.1, 0.15) is 59.8 Å². The molecule has 0 aromatic heterocycles. The quantitative estimate of drug-likeness (QED) is 0.788. The highest BCUT2D eigenvalue weighted by atomic mass is 16.5. The molecule has 3 unspecified atom stereocenters. The molecule has 1 aliphatic heterocycles. The van der Waals surface area contributed by atoms with Crippen molar-refractivity contribution < 1.29 is 19.4 Å². The van der Waals surface area contributed by atoms with E-state index >= 15 is 0 Å². The van der Waals surface area contributed by atoms with Gasteiger partial charge in [0.15, 0.2) is 0 Å². The van der Waals surface area contributed by atoms with E-state index in [-0.39, 0.29) is 36.4 Å². The first-order valence-corrected chi connectivity index (χ1v) is 9.04. The Balaban J connectivity index is 2.10. The number of carbonyl (C=O) groups is 2. The summed E-state index contributed by atoms with van der Waals surface area (Å²) in [5.41, 5.74) is -2.38. The molecule has 2 aliphatic carbocycles. The molecule has 0 spiro atoms. The zero-order chi connectivity index (χ0) is 18.0. The number of hydrogen-bond acceptors (Lipinski definition) is 4. The van der Waals surface area contributed by atoms with Crippen LogP contribution in [-0.2, 0) is 14.3 Å². The SMILES string of the molecule is C=C[C@]1(C)CC(=O)C2[C@]3(C)CCCC(C)(CO)C3C(=O)C[C@]2(C)O1. The molecule has 3 fully saturated rings. The third-order valence-corrected chi connectivity index (χ3v) is 7.04. The van der Waals surface area contributed by atoms with Gasteiger partial charge < -0.3 is 9.84 Å². The number of aliphatic hydroxyl groups excluding tert-OH is 1. The van der Waals surface area contributed by atoms with E-state index in [2.05, 4.69) is 13.5 Å². The van der Waals surface area contributed by atoms with Crippen LogP contribution in [0.4, 0.5) is 0 Å². The average Bonchev–Trinajstić information content (AvgIpc) is 2.44. The fraction of sp³-hybridized carbons (Fsp3) is 0.800.